The Labute approximate surface area is 258 Å². The maximum Gasteiger partial charge on any atom is 0.340 e. The average Bonchev–Trinajstić information content (AvgIpc) is 3.21. The molecule has 0 radical (unpaired) electrons. The Morgan fingerprint density at radius 1 is 0.714 bits per heavy atom. The van der Waals surface area contributed by atoms with Gasteiger partial charge in [0.25, 0.3) is 0 Å². The molecule has 0 fully saturated rings. The molecule has 42 heavy (non-hydrogen) atoms. The zero-order valence-electron chi connectivity index (χ0n) is 21.6. The molecule has 1 spiro atoms. The number of hydrogen-bond donors (Lipinski definition) is 0. The lowest BCUT2D eigenvalue weighted by Crippen LogP contribution is -2.33. The van der Waals surface area contributed by atoms with Gasteiger partial charge in [-0.3, -0.25) is 9.59 Å². The van der Waals surface area contributed by atoms with Gasteiger partial charge in [0.05, 0.1) is 25.7 Å². The number of benzene rings is 4. The van der Waals surface area contributed by atoms with Crippen molar-refractivity contribution in [2.75, 3.05) is 0 Å². The van der Waals surface area contributed by atoms with Gasteiger partial charge in [0.2, 0.25) is 0 Å². The largest absolute Gasteiger partial charge is 0.456 e. The lowest BCUT2D eigenvalue weighted by atomic mass is 9.77. The second-order valence-corrected chi connectivity index (χ2v) is 10.9. The van der Waals surface area contributed by atoms with Crippen LogP contribution >= 0.6 is 46.4 Å². The molecule has 0 bridgehead atoms. The van der Waals surface area contributed by atoms with Crippen molar-refractivity contribution in [3.8, 4) is 34.5 Å². The number of carbonyl (C=O) groups is 3. The van der Waals surface area contributed by atoms with E-state index in [2.05, 4.69) is 0 Å². The van der Waals surface area contributed by atoms with Crippen LogP contribution in [0.25, 0.3) is 0 Å². The smallest absolute Gasteiger partial charge is 0.340 e. The van der Waals surface area contributed by atoms with E-state index in [-0.39, 0.29) is 54.6 Å². The Balaban J connectivity index is 1.51. The van der Waals surface area contributed by atoms with Gasteiger partial charge >= 0.3 is 17.9 Å². The highest BCUT2D eigenvalue weighted by molar-refractivity contribution is 6.37. The Hall–Kier alpha value is -3.95. The number of hydrogen-bond acceptors (Lipinski definition) is 8. The zero-order valence-corrected chi connectivity index (χ0v) is 24.6. The molecule has 8 nitrogen and oxygen atoms in total. The predicted octanol–water partition coefficient (Wildman–Crippen LogP) is 8.51. The summed E-state index contributed by atoms with van der Waals surface area (Å²) in [5.74, 6) is -0.901. The molecule has 212 valence electrons. The van der Waals surface area contributed by atoms with Crippen LogP contribution in [0.4, 0.5) is 0 Å². The summed E-state index contributed by atoms with van der Waals surface area (Å²) in [6.07, 6.45) is 0. The topological polar surface area (TPSA) is 97.4 Å². The zero-order chi connectivity index (χ0) is 29.9. The molecule has 2 heterocycles. The van der Waals surface area contributed by atoms with Crippen molar-refractivity contribution in [3.05, 3.63) is 103 Å². The minimum Gasteiger partial charge on any atom is -0.456 e. The van der Waals surface area contributed by atoms with Crippen molar-refractivity contribution < 1.29 is 38.1 Å². The fraction of sp³-hybridized carbons (Fsp3) is 0.100. The Kier molecular flexibility index (Phi) is 6.98. The van der Waals surface area contributed by atoms with Gasteiger partial charge in [0, 0.05) is 54.8 Å². The van der Waals surface area contributed by atoms with Gasteiger partial charge in [-0.05, 0) is 18.2 Å². The Morgan fingerprint density at radius 2 is 1.29 bits per heavy atom. The summed E-state index contributed by atoms with van der Waals surface area (Å²) < 4.78 is 28.7. The van der Waals surface area contributed by atoms with E-state index in [0.717, 1.165) is 0 Å². The molecule has 0 saturated carbocycles. The van der Waals surface area contributed by atoms with Gasteiger partial charge in [-0.15, -0.1) is 0 Å². The van der Waals surface area contributed by atoms with Crippen molar-refractivity contribution in [1.29, 1.82) is 0 Å². The van der Waals surface area contributed by atoms with Gasteiger partial charge in [-0.1, -0.05) is 64.6 Å². The molecular formula is C30H16Cl4O8. The molecule has 0 saturated heterocycles. The first-order valence-corrected chi connectivity index (χ1v) is 13.7. The average molecular weight is 646 g/mol. The van der Waals surface area contributed by atoms with Gasteiger partial charge in [0.15, 0.2) is 17.1 Å². The first kappa shape index (κ1) is 28.2. The van der Waals surface area contributed by atoms with Crippen LogP contribution in [0.15, 0.2) is 60.7 Å². The van der Waals surface area contributed by atoms with E-state index in [1.807, 2.05) is 0 Å². The maximum absolute atomic E-state index is 13.1. The van der Waals surface area contributed by atoms with Crippen LogP contribution in [0.2, 0.25) is 20.1 Å². The monoisotopic (exact) mass is 644 g/mol. The van der Waals surface area contributed by atoms with Gasteiger partial charge in [-0.25, -0.2) is 4.79 Å². The van der Waals surface area contributed by atoms with Crippen LogP contribution in [0, 0.1) is 0 Å². The van der Waals surface area contributed by atoms with Crippen molar-refractivity contribution in [1.82, 2.24) is 0 Å². The minimum atomic E-state index is -1.49. The summed E-state index contributed by atoms with van der Waals surface area (Å²) in [5, 5.41) is 0.317. The maximum atomic E-state index is 13.1. The first-order valence-electron chi connectivity index (χ1n) is 12.2. The fourth-order valence-electron chi connectivity index (χ4n) is 4.94. The lowest BCUT2D eigenvalue weighted by molar-refractivity contribution is -0.132. The first-order chi connectivity index (χ1) is 20.0. The summed E-state index contributed by atoms with van der Waals surface area (Å²) in [6, 6.07) is 15.8. The SMILES string of the molecule is CC(=O)Oc1cc2c(cc1Cl)C1(OC(=O)c3ccccc31)c1cc(Cl)c(Oc3cc(Cl)c(OC(C)=O)c(Cl)c3)cc1O2. The molecule has 12 heteroatoms. The molecule has 2 aliphatic rings. The van der Waals surface area contributed by atoms with Crippen LogP contribution in [-0.2, 0) is 19.9 Å². The molecule has 0 N–H and O–H groups in total. The molecule has 6 rings (SSSR count). The van der Waals surface area contributed by atoms with E-state index in [1.54, 1.807) is 30.3 Å². The van der Waals surface area contributed by atoms with Crippen LogP contribution in [-0.4, -0.2) is 17.9 Å². The van der Waals surface area contributed by atoms with Crippen LogP contribution in [0.3, 0.4) is 0 Å². The normalized spacial score (nSPS) is 16.1. The molecule has 2 aliphatic heterocycles. The number of halogens is 4. The second-order valence-electron chi connectivity index (χ2n) is 9.28. The molecule has 0 amide bonds. The third kappa shape index (κ3) is 4.61. The van der Waals surface area contributed by atoms with Crippen LogP contribution in [0.1, 0.15) is 40.9 Å². The number of rotatable bonds is 4. The highest BCUT2D eigenvalue weighted by Crippen LogP contribution is 2.59. The summed E-state index contributed by atoms with van der Waals surface area (Å²) >= 11 is 25.8. The predicted molar refractivity (Wildman–Crippen MR) is 154 cm³/mol. The van der Waals surface area contributed by atoms with Crippen molar-refractivity contribution in [3.63, 3.8) is 0 Å². The Bertz CT molecular complexity index is 1830. The number of esters is 3. The van der Waals surface area contributed by atoms with E-state index >= 15 is 0 Å². The summed E-state index contributed by atoms with van der Waals surface area (Å²) in [7, 11) is 0. The van der Waals surface area contributed by atoms with Gasteiger partial charge in [-0.2, -0.15) is 0 Å². The van der Waals surface area contributed by atoms with E-state index in [0.29, 0.717) is 22.3 Å². The molecule has 0 aromatic heterocycles. The summed E-state index contributed by atoms with van der Waals surface area (Å²) in [4.78, 5) is 36.2. The molecule has 0 aliphatic carbocycles. The third-order valence-electron chi connectivity index (χ3n) is 6.52. The second kappa shape index (κ2) is 10.4. The molecule has 4 aromatic carbocycles. The van der Waals surface area contributed by atoms with E-state index in [4.69, 9.17) is 70.1 Å². The van der Waals surface area contributed by atoms with E-state index < -0.39 is 23.5 Å². The van der Waals surface area contributed by atoms with Gasteiger partial charge < -0.3 is 23.7 Å². The summed E-state index contributed by atoms with van der Waals surface area (Å²) in [6.45, 7) is 2.46. The summed E-state index contributed by atoms with van der Waals surface area (Å²) in [5.41, 5.74) is 0.212. The molecular weight excluding hydrogens is 630 g/mol. The van der Waals surface area contributed by atoms with E-state index in [1.165, 1.54) is 44.2 Å². The van der Waals surface area contributed by atoms with E-state index in [9.17, 15) is 14.4 Å². The van der Waals surface area contributed by atoms with Crippen LogP contribution in [0.5, 0.6) is 34.5 Å². The van der Waals surface area contributed by atoms with Gasteiger partial charge in [0.1, 0.15) is 23.0 Å². The quantitative estimate of drug-likeness (QED) is 0.161. The highest BCUT2D eigenvalue weighted by Gasteiger charge is 2.54. The number of ether oxygens (including phenoxy) is 5. The third-order valence-corrected chi connectivity index (χ3v) is 7.67. The molecule has 4 aromatic rings. The molecule has 1 unspecified atom stereocenters. The highest BCUT2D eigenvalue weighted by atomic mass is 35.5. The van der Waals surface area contributed by atoms with Crippen molar-refractivity contribution in [2.24, 2.45) is 0 Å². The van der Waals surface area contributed by atoms with Crippen LogP contribution < -0.4 is 18.9 Å². The standard InChI is InChI=1S/C30H16Cl4O8/c1-13(35)38-26-11-24-18(9-20(26)31)30(17-6-4-3-5-16(17)29(37)42-30)19-10-21(32)27(12-25(19)41-24)40-15-7-22(33)28(23(34)8-15)39-14(2)36/h3-12H,1-2H3. The lowest BCUT2D eigenvalue weighted by Gasteiger charge is -2.37. The number of carbonyl (C=O) groups excluding carboxylic acids is 3. The minimum absolute atomic E-state index is 0.0134. The van der Waals surface area contributed by atoms with Crippen molar-refractivity contribution in [2.45, 2.75) is 19.4 Å². The Morgan fingerprint density at radius 3 is 1.90 bits per heavy atom. The van der Waals surface area contributed by atoms with Crippen molar-refractivity contribution >= 4 is 64.3 Å². The number of fused-ring (bicyclic) bond motifs is 6. The fourth-order valence-corrected chi connectivity index (χ4v) is 5.89. The molecule has 1 atom stereocenters.